The molecule has 3 aromatic heterocycles. The van der Waals surface area contributed by atoms with E-state index in [0.717, 1.165) is 71.1 Å². The van der Waals surface area contributed by atoms with E-state index in [1.165, 1.54) is 6.07 Å². The van der Waals surface area contributed by atoms with Crippen molar-refractivity contribution in [2.45, 2.75) is 26.3 Å². The van der Waals surface area contributed by atoms with Gasteiger partial charge in [-0.15, -0.1) is 0 Å². The highest BCUT2D eigenvalue weighted by Gasteiger charge is 2.28. The monoisotopic (exact) mass is 478 g/mol. The fourth-order valence-electron chi connectivity index (χ4n) is 5.47. The molecule has 1 fully saturated rings. The Hall–Kier alpha value is -4.02. The lowest BCUT2D eigenvalue weighted by atomic mass is 9.81. The Bertz CT molecular complexity index is 1650. The first-order valence-corrected chi connectivity index (χ1v) is 12.2. The van der Waals surface area contributed by atoms with Crippen LogP contribution in [0.4, 0.5) is 10.1 Å². The first kappa shape index (κ1) is 22.4. The lowest BCUT2D eigenvalue weighted by molar-refractivity contribution is 0.197. The summed E-state index contributed by atoms with van der Waals surface area (Å²) in [6.45, 7) is 12.6. The van der Waals surface area contributed by atoms with E-state index in [2.05, 4.69) is 45.1 Å². The van der Waals surface area contributed by atoms with Gasteiger partial charge in [-0.3, -0.25) is 9.67 Å². The molecule has 0 unspecified atom stereocenters. The first-order chi connectivity index (χ1) is 17.5. The maximum Gasteiger partial charge on any atom is 0.222 e. The lowest BCUT2D eigenvalue weighted by Gasteiger charge is -2.34. The molecule has 6 rings (SSSR count). The van der Waals surface area contributed by atoms with Gasteiger partial charge in [0.25, 0.3) is 0 Å². The molecular weight excluding hydrogens is 451 g/mol. The number of hydrogen-bond acceptors (Lipinski definition) is 3. The number of hydrogen-bond donors (Lipinski definition) is 1. The van der Waals surface area contributed by atoms with Gasteiger partial charge in [0.2, 0.25) is 5.69 Å². The minimum Gasteiger partial charge on any atom is -0.346 e. The molecule has 0 saturated carbocycles. The molecule has 0 atom stereocenters. The molecule has 0 spiro atoms. The Balaban J connectivity index is 1.55. The van der Waals surface area contributed by atoms with Gasteiger partial charge in [0.1, 0.15) is 5.82 Å². The predicted molar refractivity (Wildman–Crippen MR) is 141 cm³/mol. The van der Waals surface area contributed by atoms with Crippen molar-refractivity contribution < 1.29 is 4.39 Å². The van der Waals surface area contributed by atoms with E-state index in [1.807, 2.05) is 42.3 Å². The number of aryl methyl sites for hydroxylation is 1. The summed E-state index contributed by atoms with van der Waals surface area (Å²) >= 11 is 0. The number of aromatic nitrogens is 4. The Morgan fingerprint density at radius 2 is 1.86 bits per heavy atom. The molecule has 1 saturated heterocycles. The van der Waals surface area contributed by atoms with E-state index in [0.29, 0.717) is 5.56 Å². The molecule has 180 valence electrons. The minimum absolute atomic E-state index is 0.0219. The van der Waals surface area contributed by atoms with Crippen LogP contribution in [0.5, 0.6) is 0 Å². The van der Waals surface area contributed by atoms with Crippen LogP contribution < -0.4 is 5.32 Å². The Morgan fingerprint density at radius 1 is 1.06 bits per heavy atom. The van der Waals surface area contributed by atoms with Crippen LogP contribution in [0.15, 0.2) is 61.1 Å². The third kappa shape index (κ3) is 3.75. The smallest absolute Gasteiger partial charge is 0.222 e. The third-order valence-corrected chi connectivity index (χ3v) is 7.57. The Labute approximate surface area is 209 Å². The molecular formula is C29H27FN6. The number of fused-ring (bicyclic) bond motifs is 2. The first-order valence-electron chi connectivity index (χ1n) is 12.2. The normalized spacial score (nSPS) is 15.4. The summed E-state index contributed by atoms with van der Waals surface area (Å²) in [5.74, 6) is -0.519. The number of halogens is 1. The highest BCUT2D eigenvalue weighted by Crippen LogP contribution is 2.40. The lowest BCUT2D eigenvalue weighted by Crippen LogP contribution is -2.37. The quantitative estimate of drug-likeness (QED) is 0.307. The van der Waals surface area contributed by atoms with Crippen LogP contribution in [-0.2, 0) is 13.6 Å². The van der Waals surface area contributed by atoms with Gasteiger partial charge in [-0.25, -0.2) is 9.24 Å². The second-order valence-electron chi connectivity index (χ2n) is 10.1. The highest BCUT2D eigenvalue weighted by atomic mass is 19.1. The molecule has 1 N–H and O–H groups in total. The maximum absolute atomic E-state index is 14.8. The number of rotatable bonds is 4. The summed E-state index contributed by atoms with van der Waals surface area (Å²) in [4.78, 5) is 8.25. The van der Waals surface area contributed by atoms with E-state index >= 15 is 0 Å². The standard InChI is InChI=1S/C29H27FN6/c1-29(9-11-32-12-10-29)18-36-13-8-22-26(36)17-33-28(20-5-7-25-21(14-20)16-34-35(25)3)27(22)19-4-6-24(31-2)23(30)15-19/h4-8,13-17,32H,9-12,18H2,1,3H3. The van der Waals surface area contributed by atoms with Crippen LogP contribution >= 0.6 is 0 Å². The Kier molecular flexibility index (Phi) is 5.35. The van der Waals surface area contributed by atoms with Gasteiger partial charge in [0, 0.05) is 41.7 Å². The van der Waals surface area contributed by atoms with E-state index in [9.17, 15) is 4.39 Å². The molecule has 0 amide bonds. The largest absolute Gasteiger partial charge is 0.346 e. The van der Waals surface area contributed by atoms with Crippen molar-refractivity contribution in [3.8, 4) is 22.4 Å². The zero-order valence-corrected chi connectivity index (χ0v) is 20.4. The van der Waals surface area contributed by atoms with Crippen molar-refractivity contribution in [2.24, 2.45) is 12.5 Å². The molecule has 36 heavy (non-hydrogen) atoms. The van der Waals surface area contributed by atoms with Crippen LogP contribution in [-0.4, -0.2) is 32.4 Å². The van der Waals surface area contributed by atoms with Gasteiger partial charge >= 0.3 is 0 Å². The van der Waals surface area contributed by atoms with Crippen molar-refractivity contribution in [3.05, 3.63) is 78.3 Å². The van der Waals surface area contributed by atoms with E-state index in [-0.39, 0.29) is 11.1 Å². The highest BCUT2D eigenvalue weighted by molar-refractivity contribution is 6.02. The number of piperidine rings is 1. The summed E-state index contributed by atoms with van der Waals surface area (Å²) in [5.41, 5.74) is 5.62. The van der Waals surface area contributed by atoms with Crippen LogP contribution in [0.25, 0.3) is 49.0 Å². The van der Waals surface area contributed by atoms with Crippen molar-refractivity contribution in [1.29, 1.82) is 0 Å². The Morgan fingerprint density at radius 3 is 2.64 bits per heavy atom. The second kappa shape index (κ2) is 8.58. The van der Waals surface area contributed by atoms with Gasteiger partial charge in [-0.1, -0.05) is 25.1 Å². The average Bonchev–Trinajstić information content (AvgIpc) is 3.46. The number of pyridine rings is 1. The summed E-state index contributed by atoms with van der Waals surface area (Å²) in [7, 11) is 1.92. The van der Waals surface area contributed by atoms with E-state index < -0.39 is 5.82 Å². The number of nitrogens with one attached hydrogen (secondary N) is 1. The van der Waals surface area contributed by atoms with Crippen molar-refractivity contribution in [3.63, 3.8) is 0 Å². The van der Waals surface area contributed by atoms with Crippen molar-refractivity contribution in [1.82, 2.24) is 24.6 Å². The summed E-state index contributed by atoms with van der Waals surface area (Å²) in [6, 6.07) is 13.1. The average molecular weight is 479 g/mol. The van der Waals surface area contributed by atoms with E-state index in [1.54, 1.807) is 6.07 Å². The minimum atomic E-state index is -0.519. The summed E-state index contributed by atoms with van der Waals surface area (Å²) < 4.78 is 18.9. The van der Waals surface area contributed by atoms with Crippen molar-refractivity contribution in [2.75, 3.05) is 13.1 Å². The molecule has 5 aromatic rings. The van der Waals surface area contributed by atoms with Gasteiger partial charge < -0.3 is 9.88 Å². The molecule has 1 aliphatic heterocycles. The third-order valence-electron chi connectivity index (χ3n) is 7.57. The number of nitrogens with zero attached hydrogens (tertiary/aromatic N) is 5. The van der Waals surface area contributed by atoms with Gasteiger partial charge in [0.15, 0.2) is 0 Å². The SMILES string of the molecule is [C-]#[N+]c1ccc(-c2c(-c3ccc4c(cnn4C)c3)ncc3c2ccn3CC2(C)CCNCC2)cc1F. The molecule has 4 heterocycles. The summed E-state index contributed by atoms with van der Waals surface area (Å²) in [5, 5.41) is 9.87. The second-order valence-corrected chi connectivity index (χ2v) is 10.1. The molecule has 0 aliphatic carbocycles. The van der Waals surface area contributed by atoms with Gasteiger partial charge in [0.05, 0.1) is 35.7 Å². The summed E-state index contributed by atoms with van der Waals surface area (Å²) in [6.07, 6.45) is 8.16. The van der Waals surface area contributed by atoms with Crippen LogP contribution in [0.2, 0.25) is 0 Å². The topological polar surface area (TPSA) is 52.0 Å². The zero-order valence-electron chi connectivity index (χ0n) is 20.4. The molecule has 1 aliphatic rings. The van der Waals surface area contributed by atoms with Gasteiger partial charge in [-0.05, 0) is 61.2 Å². The zero-order chi connectivity index (χ0) is 24.9. The van der Waals surface area contributed by atoms with Crippen LogP contribution in [0, 0.1) is 17.8 Å². The maximum atomic E-state index is 14.8. The van der Waals surface area contributed by atoms with Crippen molar-refractivity contribution >= 4 is 27.5 Å². The fraction of sp³-hybridized carbons (Fsp3) is 0.276. The predicted octanol–water partition coefficient (Wildman–Crippen LogP) is 6.34. The van der Waals surface area contributed by atoms with Gasteiger partial charge in [-0.2, -0.15) is 5.10 Å². The molecule has 6 nitrogen and oxygen atoms in total. The number of benzene rings is 2. The van der Waals surface area contributed by atoms with E-state index in [4.69, 9.17) is 11.6 Å². The molecule has 2 aromatic carbocycles. The molecule has 7 heteroatoms. The molecule has 0 bridgehead atoms. The molecule has 0 radical (unpaired) electrons. The van der Waals surface area contributed by atoms with Crippen LogP contribution in [0.3, 0.4) is 0 Å². The van der Waals surface area contributed by atoms with Crippen LogP contribution in [0.1, 0.15) is 19.8 Å². The fourth-order valence-corrected chi connectivity index (χ4v) is 5.47.